The summed E-state index contributed by atoms with van der Waals surface area (Å²) in [4.78, 5) is 0. The third-order valence-corrected chi connectivity index (χ3v) is 3.19. The van der Waals surface area contributed by atoms with Crippen molar-refractivity contribution in [2.24, 2.45) is 5.73 Å². The fourth-order valence-corrected chi connectivity index (χ4v) is 1.93. The summed E-state index contributed by atoms with van der Waals surface area (Å²) in [6.07, 6.45) is 0. The predicted octanol–water partition coefficient (Wildman–Crippen LogP) is 3.85. The number of hydrogen-bond donors (Lipinski definition) is 1. The molecule has 0 saturated heterocycles. The van der Waals surface area contributed by atoms with E-state index < -0.39 is 0 Å². The van der Waals surface area contributed by atoms with E-state index in [9.17, 15) is 0 Å². The zero-order valence-electron chi connectivity index (χ0n) is 11.6. The summed E-state index contributed by atoms with van der Waals surface area (Å²) in [7, 11) is 0. The lowest BCUT2D eigenvalue weighted by Crippen LogP contribution is -1.99. The highest BCUT2D eigenvalue weighted by Gasteiger charge is 2.00. The molecule has 0 fully saturated rings. The summed E-state index contributed by atoms with van der Waals surface area (Å²) in [5, 5.41) is 0. The molecule has 0 aliphatic rings. The first-order valence-electron chi connectivity index (χ1n) is 6.69. The Balaban J connectivity index is 1.98. The Morgan fingerprint density at radius 1 is 1.00 bits per heavy atom. The second-order valence-corrected chi connectivity index (χ2v) is 5.04. The van der Waals surface area contributed by atoms with Crippen molar-refractivity contribution in [3.63, 3.8) is 0 Å². The zero-order chi connectivity index (χ0) is 13.7. The Bertz CT molecular complexity index is 517. The summed E-state index contributed by atoms with van der Waals surface area (Å²) in [5.74, 6) is 1.44. The maximum Gasteiger partial charge on any atom is 0.120 e. The molecule has 0 aliphatic heterocycles. The largest absolute Gasteiger partial charge is 0.489 e. The van der Waals surface area contributed by atoms with Gasteiger partial charge >= 0.3 is 0 Å². The molecule has 0 aromatic heterocycles. The Labute approximate surface area is 115 Å². The molecule has 0 atom stereocenters. The van der Waals surface area contributed by atoms with Gasteiger partial charge in [-0.15, -0.1) is 0 Å². The molecular weight excluding hydrogens is 234 g/mol. The van der Waals surface area contributed by atoms with Crippen LogP contribution in [0.1, 0.15) is 36.5 Å². The smallest absolute Gasteiger partial charge is 0.120 e. The molecule has 2 aromatic rings. The number of ether oxygens (including phenoxy) is 1. The topological polar surface area (TPSA) is 35.2 Å². The van der Waals surface area contributed by atoms with Gasteiger partial charge in [-0.05, 0) is 34.7 Å². The van der Waals surface area contributed by atoms with Gasteiger partial charge in [-0.25, -0.2) is 0 Å². The molecule has 0 aliphatic carbocycles. The molecule has 0 spiro atoms. The lowest BCUT2D eigenvalue weighted by Gasteiger charge is -2.09. The normalized spacial score (nSPS) is 10.7. The molecule has 2 rings (SSSR count). The average molecular weight is 255 g/mol. The summed E-state index contributed by atoms with van der Waals surface area (Å²) < 4.78 is 5.78. The van der Waals surface area contributed by atoms with Crippen LogP contribution in [0.25, 0.3) is 0 Å². The molecule has 2 aromatic carbocycles. The number of rotatable bonds is 5. The fraction of sp³-hybridized carbons (Fsp3) is 0.294. The Kier molecular flexibility index (Phi) is 4.58. The lowest BCUT2D eigenvalue weighted by molar-refractivity contribution is 0.306. The summed E-state index contributed by atoms with van der Waals surface area (Å²) in [6, 6.07) is 16.5. The van der Waals surface area contributed by atoms with Gasteiger partial charge in [0, 0.05) is 6.54 Å². The first-order chi connectivity index (χ1) is 9.19. The molecule has 0 heterocycles. The van der Waals surface area contributed by atoms with Gasteiger partial charge in [0.2, 0.25) is 0 Å². The van der Waals surface area contributed by atoms with Crippen molar-refractivity contribution in [2.75, 3.05) is 0 Å². The Hall–Kier alpha value is -1.80. The van der Waals surface area contributed by atoms with Crippen LogP contribution in [0.3, 0.4) is 0 Å². The quantitative estimate of drug-likeness (QED) is 0.880. The number of benzene rings is 2. The Morgan fingerprint density at radius 2 is 1.74 bits per heavy atom. The van der Waals surface area contributed by atoms with E-state index in [1.165, 1.54) is 11.1 Å². The molecule has 2 N–H and O–H groups in total. The predicted molar refractivity (Wildman–Crippen MR) is 79.2 cm³/mol. The molecule has 19 heavy (non-hydrogen) atoms. The summed E-state index contributed by atoms with van der Waals surface area (Å²) >= 11 is 0. The van der Waals surface area contributed by atoms with E-state index in [0.29, 0.717) is 19.1 Å². The van der Waals surface area contributed by atoms with E-state index >= 15 is 0 Å². The molecule has 0 amide bonds. The van der Waals surface area contributed by atoms with E-state index in [1.54, 1.807) is 0 Å². The zero-order valence-corrected chi connectivity index (χ0v) is 11.6. The summed E-state index contributed by atoms with van der Waals surface area (Å²) in [6.45, 7) is 5.53. The van der Waals surface area contributed by atoms with Crippen LogP contribution < -0.4 is 10.5 Å². The molecule has 2 nitrogen and oxygen atoms in total. The highest BCUT2D eigenvalue weighted by molar-refractivity contribution is 5.29. The first-order valence-corrected chi connectivity index (χ1v) is 6.69. The second-order valence-electron chi connectivity index (χ2n) is 5.04. The van der Waals surface area contributed by atoms with Crippen molar-refractivity contribution < 1.29 is 4.74 Å². The number of hydrogen-bond acceptors (Lipinski definition) is 2. The van der Waals surface area contributed by atoms with E-state index in [4.69, 9.17) is 10.5 Å². The van der Waals surface area contributed by atoms with Crippen LogP contribution >= 0.6 is 0 Å². The highest BCUT2D eigenvalue weighted by atomic mass is 16.5. The van der Waals surface area contributed by atoms with Crippen LogP contribution in [0.2, 0.25) is 0 Å². The minimum atomic E-state index is 0.542. The minimum absolute atomic E-state index is 0.542. The fourth-order valence-electron chi connectivity index (χ4n) is 1.93. The van der Waals surface area contributed by atoms with Gasteiger partial charge in [-0.2, -0.15) is 0 Å². The summed E-state index contributed by atoms with van der Waals surface area (Å²) in [5.41, 5.74) is 9.24. The van der Waals surface area contributed by atoms with E-state index in [2.05, 4.69) is 38.1 Å². The standard InChI is InChI=1S/C17H21NO/c1-13(2)16-8-6-14(7-9-16)12-19-17-5-3-4-15(10-17)11-18/h3-10,13H,11-12,18H2,1-2H3. The lowest BCUT2D eigenvalue weighted by atomic mass is 10.0. The molecule has 0 radical (unpaired) electrons. The molecule has 0 bridgehead atoms. The van der Waals surface area contributed by atoms with Gasteiger partial charge in [0.25, 0.3) is 0 Å². The Morgan fingerprint density at radius 3 is 2.37 bits per heavy atom. The van der Waals surface area contributed by atoms with Gasteiger partial charge in [0.05, 0.1) is 0 Å². The van der Waals surface area contributed by atoms with Crippen LogP contribution in [0.15, 0.2) is 48.5 Å². The van der Waals surface area contributed by atoms with Crippen molar-refractivity contribution >= 4 is 0 Å². The van der Waals surface area contributed by atoms with Crippen molar-refractivity contribution in [2.45, 2.75) is 32.9 Å². The van der Waals surface area contributed by atoms with Gasteiger partial charge in [0.1, 0.15) is 12.4 Å². The second kappa shape index (κ2) is 6.39. The van der Waals surface area contributed by atoms with Crippen LogP contribution in [-0.4, -0.2) is 0 Å². The van der Waals surface area contributed by atoms with Crippen LogP contribution in [0, 0.1) is 0 Å². The molecule has 0 saturated carbocycles. The van der Waals surface area contributed by atoms with Gasteiger partial charge in [-0.1, -0.05) is 50.2 Å². The van der Waals surface area contributed by atoms with Crippen molar-refractivity contribution in [3.8, 4) is 5.75 Å². The minimum Gasteiger partial charge on any atom is -0.489 e. The average Bonchev–Trinajstić information content (AvgIpc) is 2.46. The van der Waals surface area contributed by atoms with Crippen LogP contribution in [0.4, 0.5) is 0 Å². The van der Waals surface area contributed by atoms with Crippen molar-refractivity contribution in [3.05, 3.63) is 65.2 Å². The van der Waals surface area contributed by atoms with Crippen molar-refractivity contribution in [1.29, 1.82) is 0 Å². The third kappa shape index (κ3) is 3.83. The molecule has 0 unspecified atom stereocenters. The molecular formula is C17H21NO. The van der Waals surface area contributed by atoms with E-state index in [0.717, 1.165) is 11.3 Å². The first kappa shape index (κ1) is 13.6. The molecule has 100 valence electrons. The third-order valence-electron chi connectivity index (χ3n) is 3.19. The van der Waals surface area contributed by atoms with E-state index in [1.807, 2.05) is 24.3 Å². The SMILES string of the molecule is CC(C)c1ccc(COc2cccc(CN)c2)cc1. The van der Waals surface area contributed by atoms with Crippen LogP contribution in [0.5, 0.6) is 5.75 Å². The number of nitrogens with two attached hydrogens (primary N) is 1. The monoisotopic (exact) mass is 255 g/mol. The molecule has 2 heteroatoms. The van der Waals surface area contributed by atoms with E-state index in [-0.39, 0.29) is 0 Å². The maximum atomic E-state index is 5.78. The highest BCUT2D eigenvalue weighted by Crippen LogP contribution is 2.17. The van der Waals surface area contributed by atoms with Crippen LogP contribution in [-0.2, 0) is 13.2 Å². The van der Waals surface area contributed by atoms with Gasteiger partial charge in [-0.3, -0.25) is 0 Å². The maximum absolute atomic E-state index is 5.78. The van der Waals surface area contributed by atoms with Gasteiger partial charge in [0.15, 0.2) is 0 Å². The van der Waals surface area contributed by atoms with Crippen molar-refractivity contribution in [1.82, 2.24) is 0 Å². The van der Waals surface area contributed by atoms with Gasteiger partial charge < -0.3 is 10.5 Å².